The molecule has 1 radical (unpaired) electrons. The minimum atomic E-state index is 1.19. The maximum atomic E-state index is 3.96. The summed E-state index contributed by atoms with van der Waals surface area (Å²) < 4.78 is 0. The Bertz CT molecular complexity index is 214. The van der Waals surface area contributed by atoms with Crippen molar-refractivity contribution in [3.05, 3.63) is 24.5 Å². The van der Waals surface area contributed by atoms with Gasteiger partial charge in [-0.1, -0.05) is 0 Å². The molecule has 1 aromatic rings. The van der Waals surface area contributed by atoms with Gasteiger partial charge in [-0.3, -0.25) is 4.98 Å². The van der Waals surface area contributed by atoms with Crippen molar-refractivity contribution in [2.45, 2.75) is 12.8 Å². The molecule has 1 aromatic heterocycles. The molecule has 2 rings (SSSR count). The normalized spacial score (nSPS) is 17.3. The number of nitrogens with zero attached hydrogens (tertiary/aromatic N) is 2. The Balaban J connectivity index is 2.16. The molecule has 0 atom stereocenters. The predicted molar refractivity (Wildman–Crippen MR) is 44.5 cm³/mol. The Kier molecular flexibility index (Phi) is 1.76. The molecule has 0 amide bonds. The monoisotopic (exact) mass is 147 g/mol. The molecule has 2 nitrogen and oxygen atoms in total. The van der Waals surface area contributed by atoms with Gasteiger partial charge < -0.3 is 4.90 Å². The lowest BCUT2D eigenvalue weighted by Crippen LogP contribution is -2.17. The van der Waals surface area contributed by atoms with Gasteiger partial charge in [-0.15, -0.1) is 0 Å². The van der Waals surface area contributed by atoms with E-state index in [1.165, 1.54) is 31.6 Å². The standard InChI is InChI=1S/C9H11N2/c1-2-7-11(6-1)9-4-3-5-10-8-9/h3-4,8H,1-2,6-7H2. The maximum absolute atomic E-state index is 3.96. The summed E-state index contributed by atoms with van der Waals surface area (Å²) in [6.07, 6.45) is 7.30. The lowest BCUT2D eigenvalue weighted by atomic mass is 10.4. The molecule has 1 aliphatic heterocycles. The third-order valence-corrected chi connectivity index (χ3v) is 2.07. The van der Waals surface area contributed by atoms with Crippen molar-refractivity contribution < 1.29 is 0 Å². The van der Waals surface area contributed by atoms with Gasteiger partial charge in [0, 0.05) is 13.1 Å². The minimum Gasteiger partial charge on any atom is -0.370 e. The second-order valence-electron chi connectivity index (χ2n) is 2.84. The highest BCUT2D eigenvalue weighted by atomic mass is 15.1. The summed E-state index contributed by atoms with van der Waals surface area (Å²) >= 11 is 0. The van der Waals surface area contributed by atoms with E-state index in [-0.39, 0.29) is 0 Å². The van der Waals surface area contributed by atoms with Gasteiger partial charge in [0.1, 0.15) is 0 Å². The smallest absolute Gasteiger partial charge is 0.0887 e. The number of hydrogen-bond donors (Lipinski definition) is 0. The quantitative estimate of drug-likeness (QED) is 0.598. The first-order chi connectivity index (χ1) is 5.47. The molecule has 0 bridgehead atoms. The van der Waals surface area contributed by atoms with Crippen molar-refractivity contribution in [1.29, 1.82) is 0 Å². The molecule has 2 heterocycles. The molecule has 0 saturated carbocycles. The van der Waals surface area contributed by atoms with Crippen molar-refractivity contribution in [2.24, 2.45) is 0 Å². The highest BCUT2D eigenvalue weighted by Gasteiger charge is 2.11. The van der Waals surface area contributed by atoms with Crippen molar-refractivity contribution in [3.8, 4) is 0 Å². The highest BCUT2D eigenvalue weighted by Crippen LogP contribution is 2.17. The first kappa shape index (κ1) is 6.65. The third kappa shape index (κ3) is 1.34. The van der Waals surface area contributed by atoms with Gasteiger partial charge >= 0.3 is 0 Å². The Morgan fingerprint density at radius 1 is 1.36 bits per heavy atom. The molecule has 1 aliphatic rings. The van der Waals surface area contributed by atoms with Crippen LogP contribution in [0.3, 0.4) is 0 Å². The van der Waals surface area contributed by atoms with E-state index in [2.05, 4.69) is 22.1 Å². The highest BCUT2D eigenvalue weighted by molar-refractivity contribution is 5.44. The van der Waals surface area contributed by atoms with E-state index >= 15 is 0 Å². The van der Waals surface area contributed by atoms with Crippen LogP contribution in [0.5, 0.6) is 0 Å². The van der Waals surface area contributed by atoms with Crippen LogP contribution in [-0.2, 0) is 0 Å². The summed E-state index contributed by atoms with van der Waals surface area (Å²) in [5.41, 5.74) is 1.24. The number of hydrogen-bond acceptors (Lipinski definition) is 2. The van der Waals surface area contributed by atoms with E-state index in [0.29, 0.717) is 0 Å². The Morgan fingerprint density at radius 3 is 2.82 bits per heavy atom. The van der Waals surface area contributed by atoms with Gasteiger partial charge in [0.2, 0.25) is 0 Å². The van der Waals surface area contributed by atoms with Gasteiger partial charge in [-0.05, 0) is 25.0 Å². The maximum Gasteiger partial charge on any atom is 0.0887 e. The Labute approximate surface area is 66.9 Å². The van der Waals surface area contributed by atoms with E-state index in [9.17, 15) is 0 Å². The van der Waals surface area contributed by atoms with Crippen LogP contribution in [0, 0.1) is 6.20 Å². The van der Waals surface area contributed by atoms with Crippen LogP contribution in [0.25, 0.3) is 0 Å². The van der Waals surface area contributed by atoms with E-state index in [0.717, 1.165) is 0 Å². The van der Waals surface area contributed by atoms with Crippen molar-refractivity contribution in [3.63, 3.8) is 0 Å². The van der Waals surface area contributed by atoms with E-state index < -0.39 is 0 Å². The van der Waals surface area contributed by atoms with Crippen LogP contribution in [0.2, 0.25) is 0 Å². The zero-order valence-corrected chi connectivity index (χ0v) is 6.45. The molecule has 0 aromatic carbocycles. The van der Waals surface area contributed by atoms with Crippen LogP contribution >= 0.6 is 0 Å². The van der Waals surface area contributed by atoms with Crippen LogP contribution in [0.4, 0.5) is 5.69 Å². The molecule has 0 spiro atoms. The van der Waals surface area contributed by atoms with Crippen LogP contribution in [0.15, 0.2) is 18.3 Å². The van der Waals surface area contributed by atoms with Crippen molar-refractivity contribution in [1.82, 2.24) is 4.98 Å². The molecule has 11 heavy (non-hydrogen) atoms. The van der Waals surface area contributed by atoms with Gasteiger partial charge in [0.25, 0.3) is 0 Å². The SMILES string of the molecule is [c]1ccc(N2CCCC2)cn1. The van der Waals surface area contributed by atoms with Gasteiger partial charge in [-0.25, -0.2) is 0 Å². The fourth-order valence-electron chi connectivity index (χ4n) is 1.47. The fourth-order valence-corrected chi connectivity index (χ4v) is 1.47. The average Bonchev–Trinajstić information content (AvgIpc) is 2.58. The largest absolute Gasteiger partial charge is 0.370 e. The van der Waals surface area contributed by atoms with Crippen molar-refractivity contribution >= 4 is 5.69 Å². The topological polar surface area (TPSA) is 16.1 Å². The summed E-state index contributed by atoms with van der Waals surface area (Å²) in [4.78, 5) is 6.32. The number of rotatable bonds is 1. The first-order valence-electron chi connectivity index (χ1n) is 4.04. The molecular weight excluding hydrogens is 136 g/mol. The summed E-state index contributed by atoms with van der Waals surface area (Å²) in [5.74, 6) is 0. The van der Waals surface area contributed by atoms with Crippen LogP contribution in [0.1, 0.15) is 12.8 Å². The number of anilines is 1. The lowest BCUT2D eigenvalue weighted by Gasteiger charge is -2.15. The molecule has 1 fully saturated rings. The minimum absolute atomic E-state index is 1.19. The summed E-state index contributed by atoms with van der Waals surface area (Å²) in [6.45, 7) is 2.37. The van der Waals surface area contributed by atoms with E-state index in [4.69, 9.17) is 0 Å². The molecular formula is C9H11N2. The lowest BCUT2D eigenvalue weighted by molar-refractivity contribution is 0.949. The summed E-state index contributed by atoms with van der Waals surface area (Å²) in [7, 11) is 0. The molecule has 0 N–H and O–H groups in total. The van der Waals surface area contributed by atoms with Gasteiger partial charge in [-0.2, -0.15) is 0 Å². The third-order valence-electron chi connectivity index (χ3n) is 2.07. The Hall–Kier alpha value is -1.05. The van der Waals surface area contributed by atoms with E-state index in [1.54, 1.807) is 0 Å². The van der Waals surface area contributed by atoms with Crippen LogP contribution in [-0.4, -0.2) is 18.1 Å². The van der Waals surface area contributed by atoms with E-state index in [1.807, 2.05) is 12.3 Å². The molecule has 57 valence electrons. The average molecular weight is 147 g/mol. The second kappa shape index (κ2) is 2.91. The number of pyridine rings is 1. The zero-order valence-electron chi connectivity index (χ0n) is 6.45. The fraction of sp³-hybridized carbons (Fsp3) is 0.444. The summed E-state index contributed by atoms with van der Waals surface area (Å²) in [6, 6.07) is 3.94. The molecule has 0 unspecified atom stereocenters. The van der Waals surface area contributed by atoms with Crippen molar-refractivity contribution in [2.75, 3.05) is 18.0 Å². The van der Waals surface area contributed by atoms with Crippen LogP contribution < -0.4 is 4.90 Å². The first-order valence-corrected chi connectivity index (χ1v) is 4.04. The molecule has 2 heteroatoms. The molecule has 0 aliphatic carbocycles. The Morgan fingerprint density at radius 2 is 2.18 bits per heavy atom. The number of aromatic nitrogens is 1. The second-order valence-corrected chi connectivity index (χ2v) is 2.84. The summed E-state index contributed by atoms with van der Waals surface area (Å²) in [5, 5.41) is 0. The zero-order chi connectivity index (χ0) is 7.52. The van der Waals surface area contributed by atoms with Gasteiger partial charge in [0.05, 0.1) is 18.1 Å². The predicted octanol–water partition coefficient (Wildman–Crippen LogP) is 1.48. The van der Waals surface area contributed by atoms with Gasteiger partial charge in [0.15, 0.2) is 0 Å². The molecule has 1 saturated heterocycles.